The normalized spacial score (nSPS) is 8.89. The maximum absolute atomic E-state index is 9.36. The largest absolute Gasteiger partial charge is 0.387 e. The van der Waals surface area contributed by atoms with Crippen molar-refractivity contribution in [3.05, 3.63) is 40.1 Å². The highest BCUT2D eigenvalue weighted by Gasteiger charge is 2.06. The van der Waals surface area contributed by atoms with Crippen molar-refractivity contribution in [3.63, 3.8) is 0 Å². The van der Waals surface area contributed by atoms with E-state index in [0.717, 1.165) is 27.7 Å². The molecule has 0 bridgehead atoms. The van der Waals surface area contributed by atoms with Gasteiger partial charge >= 0.3 is 0 Å². The van der Waals surface area contributed by atoms with Gasteiger partial charge in [0, 0.05) is 12.1 Å². The number of benzene rings is 1. The Morgan fingerprint density at radius 3 is 2.44 bits per heavy atom. The number of rotatable bonds is 4. The number of anilines is 1. The van der Waals surface area contributed by atoms with E-state index in [4.69, 9.17) is 28.9 Å². The fourth-order valence-electron chi connectivity index (χ4n) is 1.19. The molecule has 0 unspecified atom stereocenters. The van der Waals surface area contributed by atoms with Crippen molar-refractivity contribution in [2.45, 2.75) is 13.3 Å². The van der Waals surface area contributed by atoms with Gasteiger partial charge in [-0.3, -0.25) is 4.79 Å². The fraction of sp³-hybridized carbons (Fsp3) is 0.250. The lowest BCUT2D eigenvalue weighted by atomic mass is 10.1. The Morgan fingerprint density at radius 2 is 2.11 bits per heavy atom. The van der Waals surface area contributed by atoms with Gasteiger partial charge in [-0.15, -0.1) is 0 Å². The minimum absolute atomic E-state index is 0.171. The zero-order chi connectivity index (χ0) is 14.1. The molecule has 18 heavy (non-hydrogen) atoms. The number of hydrogen-bond donors (Lipinski definition) is 3. The van der Waals surface area contributed by atoms with E-state index < -0.39 is 0 Å². The first-order chi connectivity index (χ1) is 8.47. The lowest BCUT2D eigenvalue weighted by Crippen LogP contribution is -2.15. The summed E-state index contributed by atoms with van der Waals surface area (Å²) >= 11 is 12.0. The van der Waals surface area contributed by atoms with E-state index in [-0.39, 0.29) is 5.82 Å². The highest BCUT2D eigenvalue weighted by atomic mass is 35.5. The van der Waals surface area contributed by atoms with Crippen LogP contribution in [0.15, 0.2) is 24.5 Å². The molecule has 0 heterocycles. The van der Waals surface area contributed by atoms with Gasteiger partial charge in [-0.1, -0.05) is 36.7 Å². The van der Waals surface area contributed by atoms with Gasteiger partial charge in [0.2, 0.25) is 6.41 Å². The molecule has 0 saturated carbocycles. The standard InChI is InChI=1S/C9H11Cl2N.C3H6N2O/c1-3-6-7(10)4-5-8(12-2)9(6)11;1-3(4)5-2-6/h4-5,12H,3H2,1-2H3;2H,1,4H2,(H,5,6). The van der Waals surface area contributed by atoms with Gasteiger partial charge in [-0.25, -0.2) is 0 Å². The van der Waals surface area contributed by atoms with Crippen LogP contribution in [0.2, 0.25) is 10.0 Å². The average molecular weight is 290 g/mol. The van der Waals surface area contributed by atoms with Crippen LogP contribution in [0.4, 0.5) is 5.69 Å². The number of carbonyl (C=O) groups is 1. The first kappa shape index (κ1) is 16.6. The summed E-state index contributed by atoms with van der Waals surface area (Å²) in [5.74, 6) is 0.171. The smallest absolute Gasteiger partial charge is 0.212 e. The molecule has 100 valence electrons. The Labute approximate surface area is 117 Å². The molecule has 0 aliphatic rings. The lowest BCUT2D eigenvalue weighted by molar-refractivity contribution is -0.108. The summed E-state index contributed by atoms with van der Waals surface area (Å²) < 4.78 is 0. The van der Waals surface area contributed by atoms with E-state index in [1.807, 2.05) is 26.1 Å². The second kappa shape index (κ2) is 8.66. The highest BCUT2D eigenvalue weighted by Crippen LogP contribution is 2.31. The quantitative estimate of drug-likeness (QED) is 0.747. The van der Waals surface area contributed by atoms with Crippen molar-refractivity contribution in [1.82, 2.24) is 5.32 Å². The summed E-state index contributed by atoms with van der Waals surface area (Å²) in [6.07, 6.45) is 1.33. The van der Waals surface area contributed by atoms with Crippen molar-refractivity contribution >= 4 is 35.3 Å². The van der Waals surface area contributed by atoms with Crippen molar-refractivity contribution in [1.29, 1.82) is 0 Å². The Morgan fingerprint density at radius 1 is 1.50 bits per heavy atom. The predicted molar refractivity (Wildman–Crippen MR) is 77.9 cm³/mol. The minimum atomic E-state index is 0.171. The van der Waals surface area contributed by atoms with Gasteiger partial charge in [0.05, 0.1) is 16.5 Å². The van der Waals surface area contributed by atoms with Crippen LogP contribution in [0.25, 0.3) is 0 Å². The van der Waals surface area contributed by atoms with E-state index in [2.05, 4.69) is 17.2 Å². The molecule has 0 radical (unpaired) electrons. The van der Waals surface area contributed by atoms with Crippen molar-refractivity contribution in [3.8, 4) is 0 Å². The van der Waals surface area contributed by atoms with Crippen LogP contribution in [0.3, 0.4) is 0 Å². The number of nitrogens with two attached hydrogens (primary N) is 1. The summed E-state index contributed by atoms with van der Waals surface area (Å²) in [6, 6.07) is 3.74. The van der Waals surface area contributed by atoms with Gasteiger partial charge in [0.25, 0.3) is 0 Å². The molecule has 0 spiro atoms. The molecular weight excluding hydrogens is 273 g/mol. The van der Waals surface area contributed by atoms with Crippen LogP contribution in [0.5, 0.6) is 0 Å². The van der Waals surface area contributed by atoms with Gasteiger partial charge in [-0.2, -0.15) is 0 Å². The first-order valence-corrected chi connectivity index (χ1v) is 6.02. The molecule has 0 aliphatic heterocycles. The Hall–Kier alpha value is -1.39. The maximum Gasteiger partial charge on any atom is 0.212 e. The molecule has 0 fully saturated rings. The molecule has 1 aromatic carbocycles. The summed E-state index contributed by atoms with van der Waals surface area (Å²) in [5.41, 5.74) is 6.80. The molecule has 0 aliphatic carbocycles. The average Bonchev–Trinajstić information content (AvgIpc) is 2.30. The van der Waals surface area contributed by atoms with Crippen molar-refractivity contribution in [2.75, 3.05) is 12.4 Å². The zero-order valence-electron chi connectivity index (χ0n) is 10.4. The molecule has 6 heteroatoms. The Kier molecular flexibility index (Phi) is 8.00. The van der Waals surface area contributed by atoms with Crippen LogP contribution in [0.1, 0.15) is 12.5 Å². The van der Waals surface area contributed by atoms with E-state index in [0.29, 0.717) is 6.41 Å². The van der Waals surface area contributed by atoms with Crippen molar-refractivity contribution < 1.29 is 4.79 Å². The molecule has 0 atom stereocenters. The van der Waals surface area contributed by atoms with Gasteiger partial charge in [0.1, 0.15) is 0 Å². The monoisotopic (exact) mass is 289 g/mol. The third-order valence-corrected chi connectivity index (χ3v) is 2.84. The van der Waals surface area contributed by atoms with Crippen molar-refractivity contribution in [2.24, 2.45) is 5.73 Å². The number of hydrogen-bond acceptors (Lipinski definition) is 3. The second-order valence-electron chi connectivity index (χ2n) is 3.28. The van der Waals surface area contributed by atoms with Crippen LogP contribution < -0.4 is 16.4 Å². The third-order valence-electron chi connectivity index (χ3n) is 2.05. The van der Waals surface area contributed by atoms with Crippen LogP contribution in [-0.4, -0.2) is 13.5 Å². The minimum Gasteiger partial charge on any atom is -0.387 e. The second-order valence-corrected chi connectivity index (χ2v) is 4.06. The van der Waals surface area contributed by atoms with Crippen LogP contribution in [-0.2, 0) is 11.2 Å². The Bertz CT molecular complexity index is 422. The number of amides is 1. The van der Waals surface area contributed by atoms with E-state index in [9.17, 15) is 4.79 Å². The first-order valence-electron chi connectivity index (χ1n) is 5.27. The predicted octanol–water partition coefficient (Wildman–Crippen LogP) is 2.76. The molecule has 1 aromatic rings. The fourth-order valence-corrected chi connectivity index (χ4v) is 1.92. The molecule has 0 aromatic heterocycles. The van der Waals surface area contributed by atoms with Crippen LogP contribution in [0, 0.1) is 0 Å². The van der Waals surface area contributed by atoms with E-state index >= 15 is 0 Å². The molecule has 0 saturated heterocycles. The zero-order valence-corrected chi connectivity index (χ0v) is 11.9. The maximum atomic E-state index is 9.36. The molecular formula is C12H17Cl2N3O. The molecule has 4 nitrogen and oxygen atoms in total. The molecule has 1 rings (SSSR count). The van der Waals surface area contributed by atoms with Gasteiger partial charge in [-0.05, 0) is 24.1 Å². The number of nitrogens with one attached hydrogen (secondary N) is 2. The summed E-state index contributed by atoms with van der Waals surface area (Å²) in [4.78, 5) is 9.36. The Balaban J connectivity index is 0.000000411. The molecule has 4 N–H and O–H groups in total. The third kappa shape index (κ3) is 5.29. The number of halogens is 2. The van der Waals surface area contributed by atoms with E-state index in [1.54, 1.807) is 0 Å². The summed E-state index contributed by atoms with van der Waals surface area (Å²) in [6.45, 7) is 5.21. The highest BCUT2D eigenvalue weighted by molar-refractivity contribution is 6.37. The summed E-state index contributed by atoms with van der Waals surface area (Å²) in [5, 5.41) is 6.58. The molecule has 1 amide bonds. The SMILES string of the molecule is C=C(N)NC=O.CCc1c(Cl)ccc(NC)c1Cl. The number of carbonyl (C=O) groups excluding carboxylic acids is 1. The van der Waals surface area contributed by atoms with E-state index in [1.165, 1.54) is 0 Å². The topological polar surface area (TPSA) is 67.1 Å². The van der Waals surface area contributed by atoms with Gasteiger partial charge < -0.3 is 16.4 Å². The summed E-state index contributed by atoms with van der Waals surface area (Å²) in [7, 11) is 1.84. The lowest BCUT2D eigenvalue weighted by Gasteiger charge is -2.08. The van der Waals surface area contributed by atoms with Gasteiger partial charge in [0.15, 0.2) is 0 Å². The van der Waals surface area contributed by atoms with Crippen LogP contribution >= 0.6 is 23.2 Å².